The predicted molar refractivity (Wildman–Crippen MR) is 72.3 cm³/mol. The third-order valence-corrected chi connectivity index (χ3v) is 3.69. The van der Waals surface area contributed by atoms with E-state index in [1.807, 2.05) is 18.3 Å². The summed E-state index contributed by atoms with van der Waals surface area (Å²) in [4.78, 5) is 9.37. The Morgan fingerprint density at radius 2 is 2.41 bits per heavy atom. The van der Waals surface area contributed by atoms with Crippen molar-refractivity contribution in [3.8, 4) is 0 Å². The maximum atomic E-state index is 9.36. The number of pyridine rings is 1. The molecule has 1 unspecified atom stereocenters. The summed E-state index contributed by atoms with van der Waals surface area (Å²) in [6.45, 7) is 0.0565. The van der Waals surface area contributed by atoms with Crippen LogP contribution in [-0.2, 0) is 6.42 Å². The molecule has 0 fully saturated rings. The zero-order valence-corrected chi connectivity index (χ0v) is 11.4. The normalized spacial score (nSPS) is 12.4. The Balaban J connectivity index is 2.03. The number of aliphatic hydroxyl groups excluding tert-OH is 1. The monoisotopic (exact) mass is 313 g/mol. The average Bonchev–Trinajstić information content (AvgIpc) is 2.84. The van der Waals surface area contributed by atoms with Crippen LogP contribution < -0.4 is 5.32 Å². The molecule has 0 bridgehead atoms. The fourth-order valence-corrected chi connectivity index (χ4v) is 2.48. The minimum atomic E-state index is -0.0540. The van der Waals surface area contributed by atoms with Gasteiger partial charge in [-0.25, -0.2) is 4.98 Å². The van der Waals surface area contributed by atoms with E-state index in [1.165, 1.54) is 0 Å². The van der Waals surface area contributed by atoms with Crippen molar-refractivity contribution in [2.24, 2.45) is 0 Å². The predicted octanol–water partition coefficient (Wildman–Crippen LogP) is 2.32. The second-order valence-electron chi connectivity index (χ2n) is 3.53. The van der Waals surface area contributed by atoms with E-state index in [0.717, 1.165) is 21.6 Å². The summed E-state index contributed by atoms with van der Waals surface area (Å²) in [5, 5.41) is 12.6. The van der Waals surface area contributed by atoms with E-state index in [2.05, 4.69) is 31.2 Å². The number of rotatable bonds is 5. The van der Waals surface area contributed by atoms with Gasteiger partial charge in [-0.1, -0.05) is 0 Å². The summed E-state index contributed by atoms with van der Waals surface area (Å²) >= 11 is 5.00. The number of aromatic nitrogens is 2. The molecule has 0 aromatic carbocycles. The molecule has 0 saturated heterocycles. The van der Waals surface area contributed by atoms with Crippen molar-refractivity contribution in [3.63, 3.8) is 0 Å². The summed E-state index contributed by atoms with van der Waals surface area (Å²) in [7, 11) is 0. The topological polar surface area (TPSA) is 58.0 Å². The van der Waals surface area contributed by atoms with Crippen molar-refractivity contribution in [3.05, 3.63) is 39.4 Å². The Labute approximate surface area is 112 Å². The molecule has 90 valence electrons. The molecule has 0 aliphatic heterocycles. The van der Waals surface area contributed by atoms with E-state index in [0.29, 0.717) is 0 Å². The largest absolute Gasteiger partial charge is 0.394 e. The lowest BCUT2D eigenvalue weighted by Gasteiger charge is -2.16. The van der Waals surface area contributed by atoms with Gasteiger partial charge in [-0.15, -0.1) is 11.3 Å². The molecule has 2 aromatic heterocycles. The lowest BCUT2D eigenvalue weighted by atomic mass is 10.2. The summed E-state index contributed by atoms with van der Waals surface area (Å²) in [5.74, 6) is 0.746. The van der Waals surface area contributed by atoms with Crippen molar-refractivity contribution in [2.45, 2.75) is 12.5 Å². The van der Waals surface area contributed by atoms with Gasteiger partial charge < -0.3 is 10.4 Å². The van der Waals surface area contributed by atoms with Crippen molar-refractivity contribution in [1.29, 1.82) is 0 Å². The molecule has 1 atom stereocenters. The zero-order chi connectivity index (χ0) is 12.1. The third-order valence-electron chi connectivity index (χ3n) is 2.25. The van der Waals surface area contributed by atoms with Gasteiger partial charge >= 0.3 is 0 Å². The van der Waals surface area contributed by atoms with Crippen LogP contribution in [0.1, 0.15) is 4.88 Å². The highest BCUT2D eigenvalue weighted by Gasteiger charge is 2.11. The molecule has 6 heteroatoms. The highest BCUT2D eigenvalue weighted by molar-refractivity contribution is 9.10. The first-order valence-corrected chi connectivity index (χ1v) is 6.82. The van der Waals surface area contributed by atoms with Crippen LogP contribution in [0.3, 0.4) is 0 Å². The van der Waals surface area contributed by atoms with E-state index >= 15 is 0 Å². The molecule has 2 heterocycles. The number of anilines is 1. The lowest BCUT2D eigenvalue weighted by Crippen LogP contribution is -2.26. The number of halogens is 1. The van der Waals surface area contributed by atoms with Crippen LogP contribution in [0.4, 0.5) is 5.82 Å². The number of hydrogen-bond acceptors (Lipinski definition) is 5. The molecule has 0 aliphatic carbocycles. The van der Waals surface area contributed by atoms with Gasteiger partial charge in [0.2, 0.25) is 0 Å². The van der Waals surface area contributed by atoms with E-state index in [4.69, 9.17) is 0 Å². The van der Waals surface area contributed by atoms with Crippen LogP contribution in [0, 0.1) is 0 Å². The Morgan fingerprint density at radius 1 is 1.53 bits per heavy atom. The minimum Gasteiger partial charge on any atom is -0.394 e. The Kier molecular flexibility index (Phi) is 4.47. The van der Waals surface area contributed by atoms with E-state index in [-0.39, 0.29) is 12.6 Å². The maximum absolute atomic E-state index is 9.36. The molecule has 0 radical (unpaired) electrons. The van der Waals surface area contributed by atoms with Gasteiger partial charge in [0.25, 0.3) is 0 Å². The van der Waals surface area contributed by atoms with Crippen molar-refractivity contribution < 1.29 is 5.11 Å². The van der Waals surface area contributed by atoms with E-state index in [9.17, 15) is 5.11 Å². The van der Waals surface area contributed by atoms with Crippen LogP contribution in [0.15, 0.2) is 34.5 Å². The summed E-state index contributed by atoms with van der Waals surface area (Å²) < 4.78 is 0.891. The Hall–Kier alpha value is -0.980. The van der Waals surface area contributed by atoms with Gasteiger partial charge in [-0.05, 0) is 28.1 Å². The molecule has 2 rings (SSSR count). The quantitative estimate of drug-likeness (QED) is 0.889. The van der Waals surface area contributed by atoms with Gasteiger partial charge in [0.1, 0.15) is 5.82 Å². The molecule has 0 spiro atoms. The number of nitrogens with zero attached hydrogens (tertiary/aromatic N) is 2. The highest BCUT2D eigenvalue weighted by Crippen LogP contribution is 2.20. The van der Waals surface area contributed by atoms with Gasteiger partial charge in [-0.3, -0.25) is 4.98 Å². The molecule has 2 aromatic rings. The standard InChI is InChI=1S/C11H12BrN3OS/c12-10-2-1-3-14-11(10)15-8(6-16)4-9-5-13-7-17-9/h1-3,5,7-8,16H,4,6H2,(H,14,15). The average molecular weight is 314 g/mol. The molecule has 0 amide bonds. The van der Waals surface area contributed by atoms with Crippen molar-refractivity contribution in [1.82, 2.24) is 9.97 Å². The zero-order valence-electron chi connectivity index (χ0n) is 9.01. The number of hydrogen-bond donors (Lipinski definition) is 2. The summed E-state index contributed by atoms with van der Waals surface area (Å²) in [5.41, 5.74) is 1.79. The first kappa shape index (κ1) is 12.5. The summed E-state index contributed by atoms with van der Waals surface area (Å²) in [6.07, 6.45) is 4.28. The Bertz CT molecular complexity index is 463. The third kappa shape index (κ3) is 3.49. The summed E-state index contributed by atoms with van der Waals surface area (Å²) in [6, 6.07) is 3.71. The highest BCUT2D eigenvalue weighted by atomic mass is 79.9. The van der Waals surface area contributed by atoms with Gasteiger partial charge in [0.05, 0.1) is 22.6 Å². The first-order chi connectivity index (χ1) is 8.29. The molecule has 17 heavy (non-hydrogen) atoms. The van der Waals surface area contributed by atoms with Crippen LogP contribution in [0.25, 0.3) is 0 Å². The molecular weight excluding hydrogens is 302 g/mol. The van der Waals surface area contributed by atoms with Crippen molar-refractivity contribution >= 4 is 33.1 Å². The fourth-order valence-electron chi connectivity index (χ4n) is 1.43. The number of thiazole rings is 1. The van der Waals surface area contributed by atoms with Crippen LogP contribution in [0.2, 0.25) is 0 Å². The minimum absolute atomic E-state index is 0.0540. The SMILES string of the molecule is OCC(Cc1cncs1)Nc1ncccc1Br. The van der Waals surface area contributed by atoms with Crippen LogP contribution in [0.5, 0.6) is 0 Å². The first-order valence-electron chi connectivity index (χ1n) is 5.15. The molecule has 4 nitrogen and oxygen atoms in total. The van der Waals surface area contributed by atoms with Crippen LogP contribution in [-0.4, -0.2) is 27.7 Å². The van der Waals surface area contributed by atoms with Gasteiger partial charge in [0.15, 0.2) is 0 Å². The maximum Gasteiger partial charge on any atom is 0.140 e. The Morgan fingerprint density at radius 3 is 3.06 bits per heavy atom. The molecule has 0 aliphatic rings. The fraction of sp³-hybridized carbons (Fsp3) is 0.273. The second-order valence-corrected chi connectivity index (χ2v) is 5.35. The van der Waals surface area contributed by atoms with Gasteiger partial charge in [0, 0.05) is 23.7 Å². The van der Waals surface area contributed by atoms with E-state index in [1.54, 1.807) is 23.0 Å². The second kappa shape index (κ2) is 6.09. The van der Waals surface area contributed by atoms with Crippen LogP contribution >= 0.6 is 27.3 Å². The number of aliphatic hydroxyl groups is 1. The number of nitrogens with one attached hydrogen (secondary N) is 1. The van der Waals surface area contributed by atoms with E-state index < -0.39 is 0 Å². The van der Waals surface area contributed by atoms with Gasteiger partial charge in [-0.2, -0.15) is 0 Å². The molecule has 0 saturated carbocycles. The molecule has 2 N–H and O–H groups in total. The van der Waals surface area contributed by atoms with Crippen molar-refractivity contribution in [2.75, 3.05) is 11.9 Å². The molecular formula is C11H12BrN3OS. The lowest BCUT2D eigenvalue weighted by molar-refractivity contribution is 0.274. The smallest absolute Gasteiger partial charge is 0.140 e.